The molecule has 1 aromatic rings. The molecule has 1 aliphatic rings. The second-order valence-corrected chi connectivity index (χ2v) is 4.41. The average molecular weight is 239 g/mol. The molecule has 1 atom stereocenters. The predicted molar refractivity (Wildman–Crippen MR) is 60.1 cm³/mol. The third-order valence-corrected chi connectivity index (χ3v) is 3.17. The Balaban J connectivity index is 2.01. The lowest BCUT2D eigenvalue weighted by Gasteiger charge is -2.19. The molecule has 3 N–H and O–H groups in total. The molecule has 1 fully saturated rings. The van der Waals surface area contributed by atoms with Gasteiger partial charge in [-0.1, -0.05) is 0 Å². The van der Waals surface area contributed by atoms with Crippen molar-refractivity contribution in [1.82, 2.24) is 19.7 Å². The molecule has 0 spiro atoms. The van der Waals surface area contributed by atoms with Gasteiger partial charge in [0.2, 0.25) is 0 Å². The van der Waals surface area contributed by atoms with Gasteiger partial charge in [-0.25, -0.2) is 9.67 Å². The van der Waals surface area contributed by atoms with Crippen molar-refractivity contribution >= 4 is 5.97 Å². The summed E-state index contributed by atoms with van der Waals surface area (Å²) in [5, 5.41) is 13.1. The Kier molecular flexibility index (Phi) is 3.12. The highest BCUT2D eigenvalue weighted by Crippen LogP contribution is 2.20. The molecule has 7 nitrogen and oxygen atoms in total. The maximum atomic E-state index is 11.0. The summed E-state index contributed by atoms with van der Waals surface area (Å²) in [6.07, 6.45) is 1.99. The Morgan fingerprint density at radius 2 is 2.47 bits per heavy atom. The third-order valence-electron chi connectivity index (χ3n) is 3.17. The van der Waals surface area contributed by atoms with Crippen LogP contribution in [0, 0.1) is 0 Å². The van der Waals surface area contributed by atoms with Crippen molar-refractivity contribution < 1.29 is 9.90 Å². The second kappa shape index (κ2) is 4.42. The molecule has 7 heteroatoms. The number of carboxylic acid groups (broad SMARTS) is 1. The maximum Gasteiger partial charge on any atom is 0.325 e. The van der Waals surface area contributed by atoms with Gasteiger partial charge in [-0.3, -0.25) is 9.69 Å². The number of carbonyl (C=O) groups is 1. The van der Waals surface area contributed by atoms with Crippen LogP contribution in [-0.4, -0.2) is 49.4 Å². The number of nitrogens with zero attached hydrogens (tertiary/aromatic N) is 4. The van der Waals surface area contributed by atoms with E-state index in [9.17, 15) is 4.79 Å². The smallest absolute Gasteiger partial charge is 0.325 e. The number of aliphatic carboxylic acids is 1. The number of likely N-dealkylation sites (tertiary alicyclic amines) is 1. The van der Waals surface area contributed by atoms with Crippen molar-refractivity contribution in [1.29, 1.82) is 0 Å². The number of aryl methyl sites for hydroxylation is 1. The molecular formula is C10H17N5O2. The average Bonchev–Trinajstić information content (AvgIpc) is 2.87. The fraction of sp³-hybridized carbons (Fsp3) is 0.700. The first-order chi connectivity index (χ1) is 8.05. The zero-order valence-electron chi connectivity index (χ0n) is 9.83. The van der Waals surface area contributed by atoms with E-state index >= 15 is 0 Å². The zero-order valence-corrected chi connectivity index (χ0v) is 9.83. The molecule has 0 saturated carbocycles. The van der Waals surface area contributed by atoms with Crippen molar-refractivity contribution in [2.75, 3.05) is 13.1 Å². The van der Waals surface area contributed by atoms with E-state index in [2.05, 4.69) is 10.1 Å². The lowest BCUT2D eigenvalue weighted by molar-refractivity contribution is -0.142. The summed E-state index contributed by atoms with van der Waals surface area (Å²) in [5.41, 5.74) is 4.69. The van der Waals surface area contributed by atoms with Crippen LogP contribution in [0.4, 0.5) is 0 Å². The van der Waals surface area contributed by atoms with E-state index in [-0.39, 0.29) is 0 Å². The Labute approximate surface area is 99.2 Å². The van der Waals surface area contributed by atoms with Crippen LogP contribution >= 0.6 is 0 Å². The van der Waals surface area contributed by atoms with E-state index in [1.54, 1.807) is 4.68 Å². The number of hydrogen-bond donors (Lipinski definition) is 2. The van der Waals surface area contributed by atoms with Gasteiger partial charge in [0.15, 0.2) is 0 Å². The molecule has 94 valence electrons. The lowest BCUT2D eigenvalue weighted by Crippen LogP contribution is -2.50. The molecular weight excluding hydrogens is 222 g/mol. The van der Waals surface area contributed by atoms with E-state index in [4.69, 9.17) is 10.8 Å². The highest BCUT2D eigenvalue weighted by molar-refractivity contribution is 5.79. The number of nitrogens with two attached hydrogens (primary N) is 1. The summed E-state index contributed by atoms with van der Waals surface area (Å²) in [5.74, 6) is -0.0842. The second-order valence-electron chi connectivity index (χ2n) is 4.41. The number of aromatic nitrogens is 3. The maximum absolute atomic E-state index is 11.0. The summed E-state index contributed by atoms with van der Waals surface area (Å²) in [4.78, 5) is 17.2. The molecule has 0 aliphatic carbocycles. The first-order valence-electron chi connectivity index (χ1n) is 5.66. The highest BCUT2D eigenvalue weighted by Gasteiger charge is 2.41. The van der Waals surface area contributed by atoms with Gasteiger partial charge < -0.3 is 10.8 Å². The number of rotatable bonds is 4. The summed E-state index contributed by atoms with van der Waals surface area (Å²) in [6.45, 7) is 4.39. The predicted octanol–water partition coefficient (Wildman–Crippen LogP) is -0.714. The van der Waals surface area contributed by atoms with Gasteiger partial charge in [0.25, 0.3) is 0 Å². The van der Waals surface area contributed by atoms with E-state index in [0.717, 1.165) is 12.4 Å². The summed E-state index contributed by atoms with van der Waals surface area (Å²) in [6, 6.07) is 0. The van der Waals surface area contributed by atoms with Crippen molar-refractivity contribution in [3.8, 4) is 0 Å². The zero-order chi connectivity index (χ0) is 12.5. The number of hydrogen-bond acceptors (Lipinski definition) is 5. The van der Waals surface area contributed by atoms with Crippen LogP contribution < -0.4 is 5.73 Å². The van der Waals surface area contributed by atoms with Gasteiger partial charge in [-0.15, -0.1) is 0 Å². The highest BCUT2D eigenvalue weighted by atomic mass is 16.4. The van der Waals surface area contributed by atoms with Gasteiger partial charge >= 0.3 is 5.97 Å². The Hall–Kier alpha value is -1.47. The van der Waals surface area contributed by atoms with Crippen LogP contribution in [0.1, 0.15) is 19.2 Å². The van der Waals surface area contributed by atoms with Crippen molar-refractivity contribution in [2.45, 2.75) is 32.0 Å². The molecule has 1 aliphatic heterocycles. The van der Waals surface area contributed by atoms with Crippen LogP contribution in [0.25, 0.3) is 0 Å². The molecule has 2 heterocycles. The van der Waals surface area contributed by atoms with Crippen molar-refractivity contribution in [3.05, 3.63) is 12.2 Å². The standard InChI is InChI=1S/C10H17N5O2/c1-2-15-8(12-7-13-15)5-14-4-3-10(11,6-14)9(16)17/h7H,2-6,11H2,1H3,(H,16,17). The molecule has 2 rings (SSSR count). The van der Waals surface area contributed by atoms with Gasteiger partial charge in [-0.2, -0.15) is 5.10 Å². The van der Waals surface area contributed by atoms with Crippen LogP contribution in [-0.2, 0) is 17.9 Å². The topological polar surface area (TPSA) is 97.3 Å². The molecule has 0 bridgehead atoms. The van der Waals surface area contributed by atoms with E-state index < -0.39 is 11.5 Å². The summed E-state index contributed by atoms with van der Waals surface area (Å²) in [7, 11) is 0. The van der Waals surface area contributed by atoms with E-state index in [1.165, 1.54) is 6.33 Å². The van der Waals surface area contributed by atoms with Crippen LogP contribution in [0.3, 0.4) is 0 Å². The normalized spacial score (nSPS) is 25.3. The lowest BCUT2D eigenvalue weighted by atomic mass is 10.0. The number of carboxylic acids is 1. The summed E-state index contributed by atoms with van der Waals surface area (Å²) < 4.78 is 1.80. The first-order valence-corrected chi connectivity index (χ1v) is 5.66. The Morgan fingerprint density at radius 3 is 3.06 bits per heavy atom. The molecule has 1 aromatic heterocycles. The molecule has 0 amide bonds. The molecule has 0 radical (unpaired) electrons. The van der Waals surface area contributed by atoms with Crippen LogP contribution in [0.5, 0.6) is 0 Å². The van der Waals surface area contributed by atoms with Gasteiger partial charge in [0.1, 0.15) is 17.7 Å². The fourth-order valence-electron chi connectivity index (χ4n) is 2.10. The van der Waals surface area contributed by atoms with Crippen LogP contribution in [0.2, 0.25) is 0 Å². The van der Waals surface area contributed by atoms with E-state index in [1.807, 2.05) is 11.8 Å². The molecule has 1 saturated heterocycles. The largest absolute Gasteiger partial charge is 0.480 e. The van der Waals surface area contributed by atoms with Gasteiger partial charge in [-0.05, 0) is 13.3 Å². The minimum atomic E-state index is -1.11. The Morgan fingerprint density at radius 1 is 1.71 bits per heavy atom. The third kappa shape index (κ3) is 2.29. The molecule has 17 heavy (non-hydrogen) atoms. The van der Waals surface area contributed by atoms with Gasteiger partial charge in [0.05, 0.1) is 6.54 Å². The molecule has 1 unspecified atom stereocenters. The van der Waals surface area contributed by atoms with Crippen LogP contribution in [0.15, 0.2) is 6.33 Å². The quantitative estimate of drug-likeness (QED) is 0.720. The minimum Gasteiger partial charge on any atom is -0.480 e. The molecule has 0 aromatic carbocycles. The van der Waals surface area contributed by atoms with Crippen molar-refractivity contribution in [3.63, 3.8) is 0 Å². The minimum absolute atomic E-state index is 0.360. The monoisotopic (exact) mass is 239 g/mol. The summed E-state index contributed by atoms with van der Waals surface area (Å²) >= 11 is 0. The van der Waals surface area contributed by atoms with E-state index in [0.29, 0.717) is 26.1 Å². The Bertz CT molecular complexity index is 419. The van der Waals surface area contributed by atoms with Gasteiger partial charge in [0, 0.05) is 19.6 Å². The SMILES string of the molecule is CCn1ncnc1CN1CCC(N)(C(=O)O)C1. The first kappa shape index (κ1) is 12.0. The fourth-order valence-corrected chi connectivity index (χ4v) is 2.10. The van der Waals surface area contributed by atoms with Crippen molar-refractivity contribution in [2.24, 2.45) is 5.73 Å².